The van der Waals surface area contributed by atoms with Gasteiger partial charge in [-0.1, -0.05) is 24.3 Å². The van der Waals surface area contributed by atoms with Crippen LogP contribution in [0.4, 0.5) is 0 Å². The molecule has 2 N–H and O–H groups in total. The van der Waals surface area contributed by atoms with E-state index in [1.165, 1.54) is 4.88 Å². The van der Waals surface area contributed by atoms with Crippen molar-refractivity contribution in [1.82, 2.24) is 0 Å². The molecule has 1 heterocycles. The summed E-state index contributed by atoms with van der Waals surface area (Å²) in [5, 5.41) is 2.02. The third-order valence-corrected chi connectivity index (χ3v) is 4.54. The second kappa shape index (κ2) is 5.93. The number of benzene rings is 1. The molecule has 0 aliphatic carbocycles. The Morgan fingerprint density at radius 2 is 2.11 bits per heavy atom. The molecule has 0 spiro atoms. The van der Waals surface area contributed by atoms with Gasteiger partial charge in [0.05, 0.1) is 0 Å². The normalized spacial score (nSPS) is 12.2. The van der Waals surface area contributed by atoms with E-state index in [0.717, 1.165) is 11.1 Å². The molecule has 1 aromatic carbocycles. The molecule has 1 amide bonds. The topological polar surface area (TPSA) is 60.2 Å². The van der Waals surface area contributed by atoms with Gasteiger partial charge in [0.15, 0.2) is 0 Å². The molecule has 0 saturated heterocycles. The molecule has 1 atom stereocenters. The van der Waals surface area contributed by atoms with E-state index in [4.69, 9.17) is 5.73 Å². The summed E-state index contributed by atoms with van der Waals surface area (Å²) in [4.78, 5) is 11.9. The maximum Gasteiger partial charge on any atom is 0.230 e. The largest absolute Gasteiger partial charge is 0.369 e. The molecule has 94 valence electrons. The van der Waals surface area contributed by atoms with Gasteiger partial charge in [-0.05, 0) is 28.6 Å². The minimum absolute atomic E-state index is 0.0801. The van der Waals surface area contributed by atoms with E-state index in [2.05, 4.69) is 0 Å². The summed E-state index contributed by atoms with van der Waals surface area (Å²) in [5.74, 6) is -0.242. The monoisotopic (exact) mass is 279 g/mol. The Bertz CT molecular complexity index is 564. The van der Waals surface area contributed by atoms with Crippen molar-refractivity contribution < 1.29 is 9.00 Å². The predicted molar refractivity (Wildman–Crippen MR) is 75.7 cm³/mol. The molecular weight excluding hydrogens is 266 g/mol. The summed E-state index contributed by atoms with van der Waals surface area (Å²) < 4.78 is 11.6. The average Bonchev–Trinajstić information content (AvgIpc) is 2.81. The minimum atomic E-state index is -1.23. The zero-order chi connectivity index (χ0) is 13.0. The molecule has 0 radical (unpaired) electrons. The van der Waals surface area contributed by atoms with Crippen molar-refractivity contribution in [3.63, 3.8) is 0 Å². The summed E-state index contributed by atoms with van der Waals surface area (Å²) in [6.45, 7) is 0. The number of thiophene rings is 1. The van der Waals surface area contributed by atoms with Crippen LogP contribution in [0.5, 0.6) is 0 Å². The van der Waals surface area contributed by atoms with Crippen molar-refractivity contribution in [3.8, 4) is 10.4 Å². The number of nitrogens with two attached hydrogens (primary N) is 1. The maximum absolute atomic E-state index is 11.6. The van der Waals surface area contributed by atoms with Crippen molar-refractivity contribution >= 4 is 28.0 Å². The van der Waals surface area contributed by atoms with Crippen LogP contribution in [0.1, 0.15) is 5.56 Å². The first-order valence-electron chi connectivity index (χ1n) is 5.41. The van der Waals surface area contributed by atoms with Crippen LogP contribution < -0.4 is 5.73 Å². The van der Waals surface area contributed by atoms with Crippen LogP contribution in [-0.4, -0.2) is 15.9 Å². The molecule has 0 fully saturated rings. The minimum Gasteiger partial charge on any atom is -0.369 e. The number of hydrogen-bond donors (Lipinski definition) is 1. The van der Waals surface area contributed by atoms with Gasteiger partial charge in [0.2, 0.25) is 5.91 Å². The Balaban J connectivity index is 2.13. The van der Waals surface area contributed by atoms with Crippen LogP contribution in [0.25, 0.3) is 10.4 Å². The number of carbonyl (C=O) groups is 1. The van der Waals surface area contributed by atoms with E-state index in [-0.39, 0.29) is 5.75 Å². The van der Waals surface area contributed by atoms with E-state index < -0.39 is 16.7 Å². The second-order valence-electron chi connectivity index (χ2n) is 3.87. The smallest absolute Gasteiger partial charge is 0.230 e. The lowest BCUT2D eigenvalue weighted by molar-refractivity contribution is -0.115. The van der Waals surface area contributed by atoms with Gasteiger partial charge in [0.1, 0.15) is 5.75 Å². The highest BCUT2D eigenvalue weighted by Crippen LogP contribution is 2.25. The van der Waals surface area contributed by atoms with Crippen LogP contribution >= 0.6 is 11.3 Å². The maximum atomic E-state index is 11.6. The van der Waals surface area contributed by atoms with Crippen molar-refractivity contribution in [1.29, 1.82) is 0 Å². The molecule has 2 rings (SSSR count). The zero-order valence-electron chi connectivity index (χ0n) is 9.67. The molecule has 18 heavy (non-hydrogen) atoms. The Kier molecular flexibility index (Phi) is 4.28. The summed E-state index contributed by atoms with van der Waals surface area (Å²) in [6, 6.07) is 11.9. The molecule has 2 aromatic rings. The average molecular weight is 279 g/mol. The van der Waals surface area contributed by atoms with E-state index in [1.807, 2.05) is 41.8 Å². The van der Waals surface area contributed by atoms with Crippen LogP contribution in [0.3, 0.4) is 0 Å². The fourth-order valence-electron chi connectivity index (χ4n) is 1.65. The number of hydrogen-bond acceptors (Lipinski definition) is 3. The number of rotatable bonds is 5. The molecule has 3 nitrogen and oxygen atoms in total. The highest BCUT2D eigenvalue weighted by atomic mass is 32.2. The van der Waals surface area contributed by atoms with Gasteiger partial charge in [-0.15, -0.1) is 11.3 Å². The van der Waals surface area contributed by atoms with Crippen molar-refractivity contribution in [3.05, 3.63) is 47.3 Å². The lowest BCUT2D eigenvalue weighted by Crippen LogP contribution is -2.20. The van der Waals surface area contributed by atoms with Crippen LogP contribution in [0, 0.1) is 0 Å². The molecule has 0 unspecified atom stereocenters. The number of primary amides is 1. The van der Waals surface area contributed by atoms with E-state index in [1.54, 1.807) is 11.3 Å². The SMILES string of the molecule is NC(=O)C[S@@](=O)Cc1cccc(-c2cccs2)c1. The summed E-state index contributed by atoms with van der Waals surface area (Å²) in [5.41, 5.74) is 7.09. The molecule has 0 bridgehead atoms. The first kappa shape index (κ1) is 13.0. The Labute approximate surface area is 112 Å². The number of amides is 1. The molecule has 0 aliphatic rings. The first-order valence-corrected chi connectivity index (χ1v) is 7.78. The van der Waals surface area contributed by atoms with Gasteiger partial charge >= 0.3 is 0 Å². The molecular formula is C13H13NO2S2. The van der Waals surface area contributed by atoms with Gasteiger partial charge in [-0.25, -0.2) is 0 Å². The fraction of sp³-hybridized carbons (Fsp3) is 0.154. The van der Waals surface area contributed by atoms with Gasteiger partial charge in [-0.3, -0.25) is 9.00 Å². The predicted octanol–water partition coefficient (Wildman–Crippen LogP) is 2.15. The highest BCUT2D eigenvalue weighted by molar-refractivity contribution is 7.84. The molecule has 1 aromatic heterocycles. The van der Waals surface area contributed by atoms with Crippen LogP contribution in [0.15, 0.2) is 41.8 Å². The molecule has 0 aliphatic heterocycles. The summed E-state index contributed by atoms with van der Waals surface area (Å²) in [7, 11) is -1.23. The summed E-state index contributed by atoms with van der Waals surface area (Å²) >= 11 is 1.66. The number of carbonyl (C=O) groups excluding carboxylic acids is 1. The standard InChI is InChI=1S/C13H13NO2S2/c14-13(15)9-18(16)8-10-3-1-4-11(7-10)12-5-2-6-17-12/h1-7H,8-9H2,(H2,14,15)/t18-/m0/s1. The quantitative estimate of drug-likeness (QED) is 0.911. The van der Waals surface area contributed by atoms with Gasteiger partial charge in [0, 0.05) is 21.4 Å². The first-order chi connectivity index (χ1) is 8.65. The third kappa shape index (κ3) is 3.51. The Morgan fingerprint density at radius 3 is 2.78 bits per heavy atom. The Morgan fingerprint density at radius 1 is 1.28 bits per heavy atom. The second-order valence-corrected chi connectivity index (χ2v) is 6.28. The summed E-state index contributed by atoms with van der Waals surface area (Å²) in [6.07, 6.45) is 0. The molecule has 5 heteroatoms. The van der Waals surface area contributed by atoms with Crippen molar-refractivity contribution in [2.45, 2.75) is 5.75 Å². The van der Waals surface area contributed by atoms with E-state index >= 15 is 0 Å². The van der Waals surface area contributed by atoms with Gasteiger partial charge in [-0.2, -0.15) is 0 Å². The van der Waals surface area contributed by atoms with Crippen LogP contribution in [0.2, 0.25) is 0 Å². The van der Waals surface area contributed by atoms with Gasteiger partial charge in [0.25, 0.3) is 0 Å². The van der Waals surface area contributed by atoms with E-state index in [9.17, 15) is 9.00 Å². The third-order valence-electron chi connectivity index (χ3n) is 2.36. The fourth-order valence-corrected chi connectivity index (χ4v) is 3.35. The molecule has 0 saturated carbocycles. The Hall–Kier alpha value is -1.46. The lowest BCUT2D eigenvalue weighted by Gasteiger charge is -2.03. The van der Waals surface area contributed by atoms with Crippen LogP contribution in [-0.2, 0) is 21.3 Å². The lowest BCUT2D eigenvalue weighted by atomic mass is 10.1. The highest BCUT2D eigenvalue weighted by Gasteiger charge is 2.06. The van der Waals surface area contributed by atoms with Crippen molar-refractivity contribution in [2.75, 3.05) is 5.75 Å². The van der Waals surface area contributed by atoms with E-state index in [0.29, 0.717) is 5.75 Å². The zero-order valence-corrected chi connectivity index (χ0v) is 11.3. The van der Waals surface area contributed by atoms with Crippen molar-refractivity contribution in [2.24, 2.45) is 5.73 Å². The van der Waals surface area contributed by atoms with Gasteiger partial charge < -0.3 is 5.73 Å².